The molecule has 0 aliphatic heterocycles. The molecule has 6 heteroatoms. The highest BCUT2D eigenvalue weighted by atomic mass is 79.9. The number of nitrogens with zero attached hydrogens (tertiary/aromatic N) is 4. The molecule has 92 valence electrons. The van der Waals surface area contributed by atoms with Gasteiger partial charge in [-0.05, 0) is 30.3 Å². The molecule has 0 N–H and O–H groups in total. The van der Waals surface area contributed by atoms with E-state index in [-0.39, 0.29) is 5.82 Å². The van der Waals surface area contributed by atoms with Crippen molar-refractivity contribution in [3.8, 4) is 17.5 Å². The van der Waals surface area contributed by atoms with E-state index in [1.807, 2.05) is 6.07 Å². The van der Waals surface area contributed by atoms with Gasteiger partial charge < -0.3 is 0 Å². The summed E-state index contributed by atoms with van der Waals surface area (Å²) in [6.07, 6.45) is 1.59. The SMILES string of the molecule is N#Cc1ccc2nnc(-c3cc(Br)ccc3F)n2c1. The minimum absolute atomic E-state index is 0.331. The molecule has 2 aromatic heterocycles. The van der Waals surface area contributed by atoms with Crippen LogP contribution in [0, 0.1) is 17.1 Å². The molecule has 4 nitrogen and oxygen atoms in total. The molecule has 0 atom stereocenters. The quantitative estimate of drug-likeness (QED) is 0.693. The number of hydrogen-bond acceptors (Lipinski definition) is 3. The Bertz CT molecular complexity index is 819. The van der Waals surface area contributed by atoms with Crippen LogP contribution >= 0.6 is 15.9 Å². The number of pyridine rings is 1. The fourth-order valence-corrected chi connectivity index (χ4v) is 2.17. The van der Waals surface area contributed by atoms with Crippen molar-refractivity contribution >= 4 is 21.6 Å². The number of hydrogen-bond donors (Lipinski definition) is 0. The third-order valence-electron chi connectivity index (χ3n) is 2.70. The van der Waals surface area contributed by atoms with Gasteiger partial charge in [0.15, 0.2) is 11.5 Å². The minimum atomic E-state index is -0.389. The number of fused-ring (bicyclic) bond motifs is 1. The van der Waals surface area contributed by atoms with E-state index in [2.05, 4.69) is 26.1 Å². The summed E-state index contributed by atoms with van der Waals surface area (Å²) >= 11 is 3.30. The van der Waals surface area contributed by atoms with E-state index in [9.17, 15) is 4.39 Å². The highest BCUT2D eigenvalue weighted by Crippen LogP contribution is 2.25. The van der Waals surface area contributed by atoms with Gasteiger partial charge in [0.25, 0.3) is 0 Å². The van der Waals surface area contributed by atoms with Crippen LogP contribution in [-0.2, 0) is 0 Å². The van der Waals surface area contributed by atoms with Crippen LogP contribution in [0.25, 0.3) is 17.0 Å². The second kappa shape index (κ2) is 4.44. The van der Waals surface area contributed by atoms with Gasteiger partial charge >= 0.3 is 0 Å². The van der Waals surface area contributed by atoms with Crippen LogP contribution in [0.4, 0.5) is 4.39 Å². The van der Waals surface area contributed by atoms with Gasteiger partial charge in [-0.3, -0.25) is 4.40 Å². The maximum absolute atomic E-state index is 13.9. The first kappa shape index (κ1) is 11.8. The summed E-state index contributed by atoms with van der Waals surface area (Å²) < 4.78 is 16.2. The third kappa shape index (κ3) is 1.98. The molecule has 0 radical (unpaired) electrons. The van der Waals surface area contributed by atoms with Crippen molar-refractivity contribution in [2.75, 3.05) is 0 Å². The highest BCUT2D eigenvalue weighted by Gasteiger charge is 2.13. The molecule has 0 amide bonds. The van der Waals surface area contributed by atoms with Crippen LogP contribution in [0.2, 0.25) is 0 Å². The van der Waals surface area contributed by atoms with Crippen molar-refractivity contribution in [2.24, 2.45) is 0 Å². The Hall–Kier alpha value is -2.26. The standard InChI is InChI=1S/C13H6BrFN4/c14-9-2-3-11(15)10(5-9)13-18-17-12-4-1-8(6-16)7-19(12)13/h1-5,7H. The van der Waals surface area contributed by atoms with Gasteiger partial charge in [0, 0.05) is 10.7 Å². The molecule has 0 bridgehead atoms. The molecule has 0 aliphatic carbocycles. The molecule has 3 rings (SSSR count). The number of benzene rings is 1. The lowest BCUT2D eigenvalue weighted by atomic mass is 10.2. The van der Waals surface area contributed by atoms with Crippen molar-refractivity contribution in [3.05, 3.63) is 52.4 Å². The Morgan fingerprint density at radius 2 is 2.05 bits per heavy atom. The topological polar surface area (TPSA) is 54.0 Å². The molecule has 0 unspecified atom stereocenters. The Balaban J connectivity index is 2.31. The van der Waals surface area contributed by atoms with E-state index in [1.54, 1.807) is 34.9 Å². The molecule has 2 heterocycles. The molecule has 3 aromatic rings. The molecule has 1 aromatic carbocycles. The number of halogens is 2. The van der Waals surface area contributed by atoms with Gasteiger partial charge in [0.1, 0.15) is 11.9 Å². The van der Waals surface area contributed by atoms with Crippen molar-refractivity contribution in [2.45, 2.75) is 0 Å². The van der Waals surface area contributed by atoms with Crippen molar-refractivity contribution < 1.29 is 4.39 Å². The summed E-state index contributed by atoms with van der Waals surface area (Å²) in [4.78, 5) is 0. The third-order valence-corrected chi connectivity index (χ3v) is 3.19. The van der Waals surface area contributed by atoms with E-state index in [1.165, 1.54) is 6.07 Å². The molecule has 0 spiro atoms. The summed E-state index contributed by atoms with van der Waals surface area (Å²) in [7, 11) is 0. The van der Waals surface area contributed by atoms with Crippen LogP contribution < -0.4 is 0 Å². The molecular formula is C13H6BrFN4. The smallest absolute Gasteiger partial charge is 0.171 e. The van der Waals surface area contributed by atoms with Crippen molar-refractivity contribution in [3.63, 3.8) is 0 Å². The van der Waals surface area contributed by atoms with Crippen LogP contribution in [0.3, 0.4) is 0 Å². The first-order valence-corrected chi connectivity index (χ1v) is 6.18. The monoisotopic (exact) mass is 316 g/mol. The zero-order valence-electron chi connectivity index (χ0n) is 9.51. The predicted octanol–water partition coefficient (Wildman–Crippen LogP) is 3.17. The van der Waals surface area contributed by atoms with Crippen LogP contribution in [0.5, 0.6) is 0 Å². The molecule has 0 aliphatic rings. The molecule has 0 fully saturated rings. The van der Waals surface area contributed by atoms with E-state index in [0.29, 0.717) is 22.6 Å². The molecule has 0 saturated carbocycles. The zero-order chi connectivity index (χ0) is 13.4. The lowest BCUT2D eigenvalue weighted by molar-refractivity contribution is 0.629. The molecule has 0 saturated heterocycles. The fraction of sp³-hybridized carbons (Fsp3) is 0. The van der Waals surface area contributed by atoms with E-state index in [0.717, 1.165) is 4.47 Å². The van der Waals surface area contributed by atoms with E-state index in [4.69, 9.17) is 5.26 Å². The van der Waals surface area contributed by atoms with Gasteiger partial charge in [-0.15, -0.1) is 10.2 Å². The summed E-state index contributed by atoms with van der Waals surface area (Å²) in [6, 6.07) is 9.95. The highest BCUT2D eigenvalue weighted by molar-refractivity contribution is 9.10. The second-order valence-electron chi connectivity index (χ2n) is 3.91. The minimum Gasteiger partial charge on any atom is -0.281 e. The zero-order valence-corrected chi connectivity index (χ0v) is 11.1. The van der Waals surface area contributed by atoms with Gasteiger partial charge in [0.2, 0.25) is 0 Å². The average molecular weight is 317 g/mol. The normalized spacial score (nSPS) is 10.6. The lowest BCUT2D eigenvalue weighted by Crippen LogP contribution is -1.93. The predicted molar refractivity (Wildman–Crippen MR) is 70.8 cm³/mol. The lowest BCUT2D eigenvalue weighted by Gasteiger charge is -2.02. The Morgan fingerprint density at radius 3 is 2.84 bits per heavy atom. The second-order valence-corrected chi connectivity index (χ2v) is 4.82. The van der Waals surface area contributed by atoms with Crippen LogP contribution in [-0.4, -0.2) is 14.6 Å². The maximum atomic E-state index is 13.9. The van der Waals surface area contributed by atoms with E-state index >= 15 is 0 Å². The summed E-state index contributed by atoms with van der Waals surface area (Å²) in [5.74, 6) is -0.0224. The number of nitriles is 1. The van der Waals surface area contributed by atoms with Crippen molar-refractivity contribution in [1.29, 1.82) is 5.26 Å². The summed E-state index contributed by atoms with van der Waals surface area (Å²) in [5, 5.41) is 16.9. The Labute approximate surface area is 116 Å². The molecular weight excluding hydrogens is 311 g/mol. The van der Waals surface area contributed by atoms with E-state index < -0.39 is 0 Å². The summed E-state index contributed by atoms with van der Waals surface area (Å²) in [5.41, 5.74) is 1.36. The first-order valence-electron chi connectivity index (χ1n) is 5.39. The number of aromatic nitrogens is 3. The van der Waals surface area contributed by atoms with Gasteiger partial charge in [-0.2, -0.15) is 5.26 Å². The van der Waals surface area contributed by atoms with Gasteiger partial charge in [-0.1, -0.05) is 15.9 Å². The van der Waals surface area contributed by atoms with Gasteiger partial charge in [0.05, 0.1) is 11.1 Å². The largest absolute Gasteiger partial charge is 0.281 e. The fourth-order valence-electron chi connectivity index (χ4n) is 1.81. The number of rotatable bonds is 1. The average Bonchev–Trinajstić information content (AvgIpc) is 2.84. The van der Waals surface area contributed by atoms with Crippen LogP contribution in [0.15, 0.2) is 41.0 Å². The Morgan fingerprint density at radius 1 is 1.21 bits per heavy atom. The van der Waals surface area contributed by atoms with Gasteiger partial charge in [-0.25, -0.2) is 4.39 Å². The Kier molecular flexibility index (Phi) is 2.76. The molecule has 19 heavy (non-hydrogen) atoms. The first-order chi connectivity index (χ1) is 9.19. The maximum Gasteiger partial charge on any atom is 0.171 e. The van der Waals surface area contributed by atoms with Crippen molar-refractivity contribution in [1.82, 2.24) is 14.6 Å². The van der Waals surface area contributed by atoms with Crippen LogP contribution in [0.1, 0.15) is 5.56 Å². The summed E-state index contributed by atoms with van der Waals surface area (Å²) in [6.45, 7) is 0.